The Balaban J connectivity index is 1.67. The molecule has 2 saturated carbocycles. The van der Waals surface area contributed by atoms with Gasteiger partial charge in [0.1, 0.15) is 11.5 Å². The summed E-state index contributed by atoms with van der Waals surface area (Å²) in [6.45, 7) is 15.6. The minimum atomic E-state index is -4.58. The number of allylic oxidation sites excluding steroid dienone is 3. The molecule has 3 N–H and O–H groups in total. The van der Waals surface area contributed by atoms with Crippen molar-refractivity contribution < 1.29 is 27.4 Å². The molecule has 2 fully saturated rings. The molecule has 0 amide bonds. The molecule has 38 heavy (non-hydrogen) atoms. The maximum Gasteiger partial charge on any atom is 0.397 e. The molecule has 0 aliphatic heterocycles. The van der Waals surface area contributed by atoms with E-state index >= 15 is 0 Å². The van der Waals surface area contributed by atoms with E-state index < -0.39 is 16.5 Å². The fourth-order valence-electron chi connectivity index (χ4n) is 7.48. The van der Waals surface area contributed by atoms with Crippen molar-refractivity contribution >= 4 is 10.4 Å². The summed E-state index contributed by atoms with van der Waals surface area (Å²) >= 11 is 0. The van der Waals surface area contributed by atoms with Crippen molar-refractivity contribution in [3.05, 3.63) is 47.6 Å². The molecule has 6 nitrogen and oxygen atoms in total. The highest BCUT2D eigenvalue weighted by Crippen LogP contribution is 2.62. The van der Waals surface area contributed by atoms with Crippen LogP contribution in [0.2, 0.25) is 0 Å². The second-order valence-corrected chi connectivity index (χ2v) is 13.9. The van der Waals surface area contributed by atoms with Gasteiger partial charge in [0.05, 0.1) is 6.10 Å². The summed E-state index contributed by atoms with van der Waals surface area (Å²) in [6.07, 6.45) is 10.5. The van der Waals surface area contributed by atoms with Gasteiger partial charge in [-0.15, -0.1) is 0 Å². The van der Waals surface area contributed by atoms with Crippen molar-refractivity contribution in [2.45, 2.75) is 105 Å². The highest BCUT2D eigenvalue weighted by molar-refractivity contribution is 7.80. The first kappa shape index (κ1) is 30.7. The summed E-state index contributed by atoms with van der Waals surface area (Å²) < 4.78 is 38.7. The Morgan fingerprint density at radius 1 is 1.24 bits per heavy atom. The van der Waals surface area contributed by atoms with Gasteiger partial charge in [-0.25, -0.2) is 4.18 Å². The number of aromatic hydroxyl groups is 2. The van der Waals surface area contributed by atoms with Gasteiger partial charge in [0.25, 0.3) is 0 Å². The smallest absolute Gasteiger partial charge is 0.397 e. The largest absolute Gasteiger partial charge is 0.508 e. The van der Waals surface area contributed by atoms with Crippen LogP contribution in [0.4, 0.5) is 0 Å². The molecule has 5 atom stereocenters. The standard InChI is InChI=1S/C31H48O6S/c1-21(11-13-24-19-25(32)14-15-27(24)33)9-7-10-23(3)28(37-38(34,35)36)20-26-22(2)12-16-29-30(4,5)17-8-18-31(26,29)6/h11,14-15,19,23,26,28-29,32-33H,2,7-10,12-13,16-18,20H2,1,3-6H3,(H,34,35,36)/t23-,26+,28-,29+,31-/m1/s1. The van der Waals surface area contributed by atoms with Crippen LogP contribution >= 0.6 is 0 Å². The van der Waals surface area contributed by atoms with Crippen LogP contribution < -0.4 is 0 Å². The fourth-order valence-corrected chi connectivity index (χ4v) is 8.06. The first-order chi connectivity index (χ1) is 17.6. The monoisotopic (exact) mass is 548 g/mol. The Morgan fingerprint density at radius 3 is 2.63 bits per heavy atom. The number of fused-ring (bicyclic) bond motifs is 1. The average Bonchev–Trinajstić information content (AvgIpc) is 2.79. The van der Waals surface area contributed by atoms with E-state index in [0.717, 1.165) is 50.5 Å². The van der Waals surface area contributed by atoms with Gasteiger partial charge in [-0.05, 0) is 111 Å². The van der Waals surface area contributed by atoms with Gasteiger partial charge < -0.3 is 10.2 Å². The van der Waals surface area contributed by atoms with Crippen LogP contribution in [0.1, 0.15) is 98.0 Å². The maximum atomic E-state index is 11.9. The lowest BCUT2D eigenvalue weighted by atomic mass is 9.47. The SMILES string of the molecule is C=C1CC[C@H]2C(C)(C)CCC[C@]2(C)[C@H]1C[C@@H](OS(=O)(=O)O)[C@H](C)CCCC(C)=CCc1cc(O)ccc1O. The van der Waals surface area contributed by atoms with E-state index in [9.17, 15) is 23.2 Å². The minimum absolute atomic E-state index is 0.0500. The third-order valence-electron chi connectivity index (χ3n) is 9.63. The van der Waals surface area contributed by atoms with Crippen molar-refractivity contribution in [1.29, 1.82) is 0 Å². The Kier molecular flexibility index (Phi) is 9.81. The lowest BCUT2D eigenvalue weighted by Crippen LogP contribution is -2.50. The van der Waals surface area contributed by atoms with Crippen LogP contribution in [0, 0.1) is 28.6 Å². The first-order valence-electron chi connectivity index (χ1n) is 14.1. The van der Waals surface area contributed by atoms with Crippen LogP contribution in [0.15, 0.2) is 42.0 Å². The summed E-state index contributed by atoms with van der Waals surface area (Å²) in [7, 11) is -4.58. The van der Waals surface area contributed by atoms with Gasteiger partial charge in [0.2, 0.25) is 0 Å². The van der Waals surface area contributed by atoms with Gasteiger partial charge in [-0.3, -0.25) is 4.55 Å². The first-order valence-corrected chi connectivity index (χ1v) is 15.5. The zero-order valence-electron chi connectivity index (χ0n) is 23.9. The normalized spacial score (nSPS) is 27.5. The summed E-state index contributed by atoms with van der Waals surface area (Å²) in [4.78, 5) is 0. The zero-order chi connectivity index (χ0) is 28.3. The summed E-state index contributed by atoms with van der Waals surface area (Å²) in [6, 6.07) is 4.51. The van der Waals surface area contributed by atoms with Crippen LogP contribution in [-0.4, -0.2) is 29.3 Å². The Morgan fingerprint density at radius 2 is 1.95 bits per heavy atom. The van der Waals surface area contributed by atoms with Crippen molar-refractivity contribution in [2.75, 3.05) is 0 Å². The predicted octanol–water partition coefficient (Wildman–Crippen LogP) is 7.77. The molecule has 0 unspecified atom stereocenters. The van der Waals surface area contributed by atoms with E-state index in [1.165, 1.54) is 24.1 Å². The number of phenols is 2. The van der Waals surface area contributed by atoms with Crippen LogP contribution in [0.5, 0.6) is 11.5 Å². The van der Waals surface area contributed by atoms with E-state index in [1.807, 2.05) is 19.9 Å². The van der Waals surface area contributed by atoms with Crippen LogP contribution in [-0.2, 0) is 21.0 Å². The highest BCUT2D eigenvalue weighted by Gasteiger charge is 2.53. The molecular formula is C31H48O6S. The lowest BCUT2D eigenvalue weighted by molar-refractivity contribution is -0.0654. The quantitative estimate of drug-likeness (QED) is 0.148. The number of phenolic OH excluding ortho intramolecular Hbond substituents is 2. The number of hydrogen-bond donors (Lipinski definition) is 3. The molecule has 7 heteroatoms. The van der Waals surface area contributed by atoms with E-state index in [1.54, 1.807) is 6.07 Å². The molecule has 2 aliphatic carbocycles. The van der Waals surface area contributed by atoms with E-state index in [0.29, 0.717) is 24.3 Å². The van der Waals surface area contributed by atoms with Gasteiger partial charge in [0.15, 0.2) is 0 Å². The molecule has 0 heterocycles. The topological polar surface area (TPSA) is 104 Å². The third-order valence-corrected chi connectivity index (χ3v) is 10.1. The van der Waals surface area contributed by atoms with Crippen molar-refractivity contribution in [2.24, 2.45) is 28.6 Å². The second-order valence-electron chi connectivity index (χ2n) is 12.9. The molecule has 0 saturated heterocycles. The van der Waals surface area contributed by atoms with Gasteiger partial charge in [0, 0.05) is 5.56 Å². The molecular weight excluding hydrogens is 500 g/mol. The maximum absolute atomic E-state index is 11.9. The van der Waals surface area contributed by atoms with Gasteiger partial charge in [-0.1, -0.05) is 57.9 Å². The van der Waals surface area contributed by atoms with E-state index in [2.05, 4.69) is 27.4 Å². The van der Waals surface area contributed by atoms with E-state index in [4.69, 9.17) is 4.18 Å². The van der Waals surface area contributed by atoms with Crippen molar-refractivity contribution in [3.63, 3.8) is 0 Å². The summed E-state index contributed by atoms with van der Waals surface area (Å²) in [5, 5.41) is 19.7. The van der Waals surface area contributed by atoms with Crippen molar-refractivity contribution in [3.8, 4) is 11.5 Å². The Labute approximate surface area is 230 Å². The molecule has 1 aromatic carbocycles. The molecule has 3 rings (SSSR count). The molecule has 0 bridgehead atoms. The fraction of sp³-hybridized carbons (Fsp3) is 0.677. The molecule has 1 aromatic rings. The lowest BCUT2D eigenvalue weighted by Gasteiger charge is -2.58. The van der Waals surface area contributed by atoms with Gasteiger partial charge >= 0.3 is 10.4 Å². The molecule has 0 aromatic heterocycles. The number of hydrogen-bond acceptors (Lipinski definition) is 5. The molecule has 2 aliphatic rings. The molecule has 214 valence electrons. The van der Waals surface area contributed by atoms with E-state index in [-0.39, 0.29) is 34.2 Å². The Hall–Kier alpha value is -1.83. The van der Waals surface area contributed by atoms with Crippen LogP contribution in [0.25, 0.3) is 0 Å². The van der Waals surface area contributed by atoms with Crippen LogP contribution in [0.3, 0.4) is 0 Å². The summed E-state index contributed by atoms with van der Waals surface area (Å²) in [5.41, 5.74) is 3.31. The van der Waals surface area contributed by atoms with Crippen molar-refractivity contribution in [1.82, 2.24) is 0 Å². The highest BCUT2D eigenvalue weighted by atomic mass is 32.3. The number of benzene rings is 1. The number of rotatable bonds is 11. The molecule has 0 spiro atoms. The minimum Gasteiger partial charge on any atom is -0.508 e. The predicted molar refractivity (Wildman–Crippen MR) is 152 cm³/mol. The summed E-state index contributed by atoms with van der Waals surface area (Å²) in [5.74, 6) is 0.937. The zero-order valence-corrected chi connectivity index (χ0v) is 24.7. The average molecular weight is 549 g/mol. The van der Waals surface area contributed by atoms with Gasteiger partial charge in [-0.2, -0.15) is 8.42 Å². The third kappa shape index (κ3) is 7.64. The second kappa shape index (κ2) is 12.1. The Bertz CT molecular complexity index is 1120. The molecule has 0 radical (unpaired) electrons.